The predicted molar refractivity (Wildman–Crippen MR) is 102 cm³/mol. The molecule has 2 aliphatic rings. The van der Waals surface area contributed by atoms with Crippen molar-refractivity contribution in [2.45, 2.75) is 97.1 Å². The molecule has 0 N–H and O–H groups in total. The van der Waals surface area contributed by atoms with Gasteiger partial charge in [-0.25, -0.2) is 0 Å². The third kappa shape index (κ3) is 5.40. The Bertz CT molecular complexity index is 431. The molecule has 2 saturated heterocycles. The Labute approximate surface area is 154 Å². The van der Waals surface area contributed by atoms with Crippen LogP contribution < -0.4 is 0 Å². The third-order valence-electron chi connectivity index (χ3n) is 6.48. The summed E-state index contributed by atoms with van der Waals surface area (Å²) in [6, 6.07) is 0. The lowest BCUT2D eigenvalue weighted by molar-refractivity contribution is -0.337. The van der Waals surface area contributed by atoms with E-state index in [0.717, 1.165) is 44.8 Å². The zero-order valence-electron chi connectivity index (χ0n) is 16.7. The number of carbonyl (C=O) groups excluding carboxylic acids is 1. The van der Waals surface area contributed by atoms with Gasteiger partial charge in [-0.05, 0) is 55.8 Å². The molecular formula is C22H38O3. The number of hydrogen-bond acceptors (Lipinski definition) is 3. The lowest BCUT2D eigenvalue weighted by atomic mass is 9.80. The van der Waals surface area contributed by atoms with Crippen LogP contribution in [0.4, 0.5) is 0 Å². The number of rotatable bonds is 8. The molecule has 2 heterocycles. The van der Waals surface area contributed by atoms with Crippen LogP contribution in [0.2, 0.25) is 0 Å². The molecule has 144 valence electrons. The Morgan fingerprint density at radius 3 is 2.44 bits per heavy atom. The van der Waals surface area contributed by atoms with E-state index in [2.05, 4.69) is 34.3 Å². The molecule has 0 radical (unpaired) electrons. The van der Waals surface area contributed by atoms with Gasteiger partial charge in [0.1, 0.15) is 6.29 Å². The summed E-state index contributed by atoms with van der Waals surface area (Å²) in [4.78, 5) is 10.7. The maximum absolute atomic E-state index is 10.7. The first-order valence-corrected chi connectivity index (χ1v) is 10.3. The number of ether oxygens (including phenoxy) is 2. The van der Waals surface area contributed by atoms with Crippen molar-refractivity contribution < 1.29 is 14.3 Å². The fourth-order valence-corrected chi connectivity index (χ4v) is 4.45. The van der Waals surface area contributed by atoms with Crippen molar-refractivity contribution in [3.8, 4) is 0 Å². The van der Waals surface area contributed by atoms with Crippen LogP contribution in [0, 0.1) is 23.7 Å². The summed E-state index contributed by atoms with van der Waals surface area (Å²) >= 11 is 0. The van der Waals surface area contributed by atoms with Crippen molar-refractivity contribution in [2.75, 3.05) is 0 Å². The molecule has 0 saturated carbocycles. The zero-order valence-corrected chi connectivity index (χ0v) is 16.7. The van der Waals surface area contributed by atoms with Crippen LogP contribution >= 0.6 is 0 Å². The van der Waals surface area contributed by atoms with Crippen molar-refractivity contribution in [3.05, 3.63) is 12.7 Å². The quantitative estimate of drug-likeness (QED) is 0.426. The van der Waals surface area contributed by atoms with Crippen LogP contribution in [0.5, 0.6) is 0 Å². The van der Waals surface area contributed by atoms with E-state index in [-0.39, 0.29) is 18.0 Å². The van der Waals surface area contributed by atoms with Gasteiger partial charge in [0.2, 0.25) is 0 Å². The minimum atomic E-state index is -0.388. The van der Waals surface area contributed by atoms with E-state index >= 15 is 0 Å². The molecule has 2 aliphatic heterocycles. The number of carbonyl (C=O) groups is 1. The SMILES string of the molecule is C=C[C@@H](C)CC[C@@H]1O[C@]2(CC[C@H]1C)CC[C@H](C)[C@H]([C@H](C)CCC=O)O2. The first-order valence-electron chi connectivity index (χ1n) is 10.3. The molecule has 3 nitrogen and oxygen atoms in total. The zero-order chi connectivity index (χ0) is 18.4. The predicted octanol–water partition coefficient (Wildman–Crippen LogP) is 5.53. The van der Waals surface area contributed by atoms with Gasteiger partial charge in [0.05, 0.1) is 12.2 Å². The number of aldehydes is 1. The number of allylic oxidation sites excluding steroid dienone is 1. The molecule has 3 heteroatoms. The van der Waals surface area contributed by atoms with Crippen LogP contribution in [-0.4, -0.2) is 24.3 Å². The monoisotopic (exact) mass is 350 g/mol. The van der Waals surface area contributed by atoms with E-state index < -0.39 is 0 Å². The molecule has 0 amide bonds. The van der Waals surface area contributed by atoms with E-state index in [0.29, 0.717) is 30.1 Å². The lowest BCUT2D eigenvalue weighted by Gasteiger charge is -2.51. The molecule has 0 aliphatic carbocycles. The van der Waals surface area contributed by atoms with Gasteiger partial charge in [0.25, 0.3) is 0 Å². The topological polar surface area (TPSA) is 35.5 Å². The maximum atomic E-state index is 10.7. The minimum absolute atomic E-state index is 0.204. The van der Waals surface area contributed by atoms with Crippen molar-refractivity contribution in [1.29, 1.82) is 0 Å². The average molecular weight is 351 g/mol. The largest absolute Gasteiger partial charge is 0.346 e. The van der Waals surface area contributed by atoms with Crippen LogP contribution in [0.1, 0.15) is 79.1 Å². The standard InChI is InChI=1S/C22H38O3/c1-6-16(2)9-10-20-17(3)11-13-22(24-20)14-12-19(5)21(25-22)18(4)8-7-15-23/h6,15-21H,1,7-14H2,2-5H3/t16-,17-,18-,19+,20+,21+,22+/m1/s1. The molecular weight excluding hydrogens is 312 g/mol. The summed E-state index contributed by atoms with van der Waals surface area (Å²) in [6.07, 6.45) is 11.6. The highest BCUT2D eigenvalue weighted by Crippen LogP contribution is 2.45. The van der Waals surface area contributed by atoms with Crippen molar-refractivity contribution in [3.63, 3.8) is 0 Å². The van der Waals surface area contributed by atoms with E-state index in [4.69, 9.17) is 9.47 Å². The highest BCUT2D eigenvalue weighted by atomic mass is 16.7. The van der Waals surface area contributed by atoms with Gasteiger partial charge in [-0.1, -0.05) is 33.8 Å². The Hall–Kier alpha value is -0.670. The molecule has 0 bridgehead atoms. The molecule has 0 aromatic carbocycles. The van der Waals surface area contributed by atoms with Gasteiger partial charge in [-0.2, -0.15) is 0 Å². The molecule has 0 aromatic rings. The molecule has 2 fully saturated rings. The molecule has 7 atom stereocenters. The van der Waals surface area contributed by atoms with Crippen molar-refractivity contribution >= 4 is 6.29 Å². The molecule has 0 unspecified atom stereocenters. The second-order valence-electron chi connectivity index (χ2n) is 8.69. The van der Waals surface area contributed by atoms with Gasteiger partial charge < -0.3 is 14.3 Å². The second kappa shape index (κ2) is 9.32. The van der Waals surface area contributed by atoms with Crippen LogP contribution in [0.15, 0.2) is 12.7 Å². The number of hydrogen-bond donors (Lipinski definition) is 0. The lowest BCUT2D eigenvalue weighted by Crippen LogP contribution is -2.53. The molecule has 2 rings (SSSR count). The van der Waals surface area contributed by atoms with Gasteiger partial charge in [0.15, 0.2) is 5.79 Å². The van der Waals surface area contributed by atoms with E-state index in [9.17, 15) is 4.79 Å². The fourth-order valence-electron chi connectivity index (χ4n) is 4.45. The molecule has 0 aromatic heterocycles. The average Bonchev–Trinajstić information content (AvgIpc) is 2.62. The summed E-state index contributed by atoms with van der Waals surface area (Å²) in [5.41, 5.74) is 0. The normalized spacial score (nSPS) is 38.2. The summed E-state index contributed by atoms with van der Waals surface area (Å²) in [7, 11) is 0. The van der Waals surface area contributed by atoms with E-state index in [1.807, 2.05) is 6.08 Å². The maximum Gasteiger partial charge on any atom is 0.169 e. The summed E-state index contributed by atoms with van der Waals surface area (Å²) in [5.74, 6) is 1.68. The van der Waals surface area contributed by atoms with Gasteiger partial charge in [-0.3, -0.25) is 0 Å². The smallest absolute Gasteiger partial charge is 0.169 e. The van der Waals surface area contributed by atoms with Crippen LogP contribution in [0.3, 0.4) is 0 Å². The van der Waals surface area contributed by atoms with Crippen molar-refractivity contribution in [1.82, 2.24) is 0 Å². The Morgan fingerprint density at radius 1 is 1.12 bits per heavy atom. The fraction of sp³-hybridized carbons (Fsp3) is 0.864. The Balaban J connectivity index is 2.00. The van der Waals surface area contributed by atoms with Crippen LogP contribution in [-0.2, 0) is 14.3 Å². The first kappa shape index (κ1) is 20.6. The Morgan fingerprint density at radius 2 is 1.80 bits per heavy atom. The van der Waals surface area contributed by atoms with E-state index in [1.165, 1.54) is 6.42 Å². The van der Waals surface area contributed by atoms with E-state index in [1.54, 1.807) is 0 Å². The molecule has 25 heavy (non-hydrogen) atoms. The molecule has 1 spiro atoms. The highest BCUT2D eigenvalue weighted by Gasteiger charge is 2.47. The first-order chi connectivity index (χ1) is 11.9. The third-order valence-corrected chi connectivity index (χ3v) is 6.48. The van der Waals surface area contributed by atoms with Gasteiger partial charge in [-0.15, -0.1) is 6.58 Å². The van der Waals surface area contributed by atoms with Gasteiger partial charge in [0, 0.05) is 19.3 Å². The summed E-state index contributed by atoms with van der Waals surface area (Å²) in [6.45, 7) is 12.9. The second-order valence-corrected chi connectivity index (χ2v) is 8.69. The van der Waals surface area contributed by atoms with Gasteiger partial charge >= 0.3 is 0 Å². The Kier molecular flexibility index (Phi) is 7.69. The minimum Gasteiger partial charge on any atom is -0.346 e. The summed E-state index contributed by atoms with van der Waals surface area (Å²) in [5, 5.41) is 0. The highest BCUT2D eigenvalue weighted by molar-refractivity contribution is 5.49. The van der Waals surface area contributed by atoms with Crippen molar-refractivity contribution in [2.24, 2.45) is 23.7 Å². The van der Waals surface area contributed by atoms with Crippen LogP contribution in [0.25, 0.3) is 0 Å². The summed E-state index contributed by atoms with van der Waals surface area (Å²) < 4.78 is 13.3.